The van der Waals surface area contributed by atoms with Gasteiger partial charge in [-0.1, -0.05) is 15.9 Å². The van der Waals surface area contributed by atoms with E-state index >= 15 is 0 Å². The van der Waals surface area contributed by atoms with Crippen molar-refractivity contribution in [3.63, 3.8) is 0 Å². The van der Waals surface area contributed by atoms with Crippen molar-refractivity contribution in [2.75, 3.05) is 13.2 Å². The summed E-state index contributed by atoms with van der Waals surface area (Å²) in [6, 6.07) is 7.33. The number of rotatable bonds is 3. The molecule has 5 nitrogen and oxygen atoms in total. The molecule has 0 spiro atoms. The number of amides is 1. The highest BCUT2D eigenvalue weighted by molar-refractivity contribution is 9.10. The smallest absolute Gasteiger partial charge is 0.408 e. The first-order chi connectivity index (χ1) is 9.83. The van der Waals surface area contributed by atoms with E-state index in [0.717, 1.165) is 10.2 Å². The number of alkyl carbamates (subject to hydrolysis) is 1. The Morgan fingerprint density at radius 3 is 2.57 bits per heavy atom. The van der Waals surface area contributed by atoms with Crippen molar-refractivity contribution >= 4 is 22.0 Å². The van der Waals surface area contributed by atoms with E-state index in [9.17, 15) is 4.79 Å². The van der Waals surface area contributed by atoms with Gasteiger partial charge in [0.25, 0.3) is 0 Å². The predicted octanol–water partition coefficient (Wildman–Crippen LogP) is 3.12. The molecule has 0 bridgehead atoms. The molecule has 6 heteroatoms. The number of hydrogen-bond acceptors (Lipinski definition) is 4. The monoisotopic (exact) mass is 357 g/mol. The molecule has 2 atom stereocenters. The van der Waals surface area contributed by atoms with Crippen LogP contribution in [0.15, 0.2) is 28.7 Å². The maximum Gasteiger partial charge on any atom is 0.408 e. The predicted molar refractivity (Wildman–Crippen MR) is 82.5 cm³/mol. The fourth-order valence-corrected chi connectivity index (χ4v) is 2.20. The minimum Gasteiger partial charge on any atom is -0.486 e. The third kappa shape index (κ3) is 5.21. The lowest BCUT2D eigenvalue weighted by Crippen LogP contribution is -2.46. The molecule has 1 aromatic carbocycles. The van der Waals surface area contributed by atoms with E-state index in [1.54, 1.807) is 0 Å². The Kier molecular flexibility index (Phi) is 5.11. The van der Waals surface area contributed by atoms with Gasteiger partial charge in [0.2, 0.25) is 0 Å². The lowest BCUT2D eigenvalue weighted by atomic mass is 10.2. The van der Waals surface area contributed by atoms with Gasteiger partial charge in [-0.2, -0.15) is 0 Å². The van der Waals surface area contributed by atoms with E-state index in [-0.39, 0.29) is 12.1 Å². The van der Waals surface area contributed by atoms with E-state index in [2.05, 4.69) is 21.2 Å². The largest absolute Gasteiger partial charge is 0.486 e. The van der Waals surface area contributed by atoms with Gasteiger partial charge in [-0.3, -0.25) is 0 Å². The molecule has 1 aliphatic rings. The van der Waals surface area contributed by atoms with Gasteiger partial charge >= 0.3 is 6.09 Å². The van der Waals surface area contributed by atoms with Crippen LogP contribution in [0.1, 0.15) is 20.8 Å². The Hall–Kier alpha value is -1.27. The van der Waals surface area contributed by atoms with Crippen LogP contribution in [0, 0.1) is 0 Å². The standard InChI is InChI=1S/C15H20BrNO4/c1-15(2,3)21-14(18)17-12-8-19-9-13(12)20-11-6-4-10(16)5-7-11/h4-7,12-13H,8-9H2,1-3H3,(H,17,18)/t12-,13-/m1/s1. The van der Waals surface area contributed by atoms with Crippen LogP contribution in [0.5, 0.6) is 5.75 Å². The van der Waals surface area contributed by atoms with Gasteiger partial charge in [0.1, 0.15) is 17.5 Å². The third-order valence-corrected chi connectivity index (χ3v) is 3.36. The van der Waals surface area contributed by atoms with Crippen molar-refractivity contribution in [1.29, 1.82) is 0 Å². The highest BCUT2D eigenvalue weighted by Gasteiger charge is 2.32. The molecule has 1 fully saturated rings. The van der Waals surface area contributed by atoms with Crippen LogP contribution in [-0.4, -0.2) is 37.1 Å². The second-order valence-electron chi connectivity index (χ2n) is 5.90. The van der Waals surface area contributed by atoms with Crippen LogP contribution in [0.4, 0.5) is 4.79 Å². The Morgan fingerprint density at radius 2 is 1.95 bits per heavy atom. The van der Waals surface area contributed by atoms with Gasteiger partial charge in [0, 0.05) is 4.47 Å². The molecule has 1 amide bonds. The number of carbonyl (C=O) groups is 1. The SMILES string of the molecule is CC(C)(C)OC(=O)N[C@@H]1COC[C@H]1Oc1ccc(Br)cc1. The van der Waals surface area contributed by atoms with Gasteiger partial charge in [-0.15, -0.1) is 0 Å². The van der Waals surface area contributed by atoms with Gasteiger partial charge in [0.15, 0.2) is 0 Å². The summed E-state index contributed by atoms with van der Waals surface area (Å²) in [6.45, 7) is 6.34. The zero-order chi connectivity index (χ0) is 15.5. The molecule has 1 aliphatic heterocycles. The maximum atomic E-state index is 11.8. The number of halogens is 1. The maximum absolute atomic E-state index is 11.8. The highest BCUT2D eigenvalue weighted by atomic mass is 79.9. The van der Waals surface area contributed by atoms with Crippen molar-refractivity contribution in [2.45, 2.75) is 38.5 Å². The summed E-state index contributed by atoms with van der Waals surface area (Å²) in [4.78, 5) is 11.8. The quantitative estimate of drug-likeness (QED) is 0.902. The molecule has 21 heavy (non-hydrogen) atoms. The Bertz CT molecular complexity index is 483. The summed E-state index contributed by atoms with van der Waals surface area (Å²) in [6.07, 6.45) is -0.680. The van der Waals surface area contributed by atoms with Crippen LogP contribution < -0.4 is 10.1 Å². The van der Waals surface area contributed by atoms with Gasteiger partial charge in [-0.25, -0.2) is 4.79 Å². The summed E-state index contributed by atoms with van der Waals surface area (Å²) in [7, 11) is 0. The minimum atomic E-state index is -0.522. The van der Waals surface area contributed by atoms with E-state index in [0.29, 0.717) is 13.2 Å². The van der Waals surface area contributed by atoms with Crippen molar-refractivity contribution in [1.82, 2.24) is 5.32 Å². The summed E-state index contributed by atoms with van der Waals surface area (Å²) in [5.41, 5.74) is -0.522. The zero-order valence-electron chi connectivity index (χ0n) is 12.4. The van der Waals surface area contributed by atoms with Crippen molar-refractivity contribution in [3.8, 4) is 5.75 Å². The normalized spacial score (nSPS) is 21.9. The second kappa shape index (κ2) is 6.66. The molecule has 1 aromatic rings. The fraction of sp³-hybridized carbons (Fsp3) is 0.533. The van der Waals surface area contributed by atoms with Crippen LogP contribution in [0.25, 0.3) is 0 Å². The molecule has 1 N–H and O–H groups in total. The van der Waals surface area contributed by atoms with E-state index in [1.165, 1.54) is 0 Å². The summed E-state index contributed by atoms with van der Waals surface area (Å²) in [5, 5.41) is 2.80. The van der Waals surface area contributed by atoms with E-state index in [4.69, 9.17) is 14.2 Å². The molecular weight excluding hydrogens is 338 g/mol. The lowest BCUT2D eigenvalue weighted by Gasteiger charge is -2.24. The number of carbonyl (C=O) groups excluding carboxylic acids is 1. The van der Waals surface area contributed by atoms with Crippen LogP contribution >= 0.6 is 15.9 Å². The van der Waals surface area contributed by atoms with Crippen molar-refractivity contribution < 1.29 is 19.0 Å². The molecule has 2 rings (SSSR count). The molecule has 0 unspecified atom stereocenters. The third-order valence-electron chi connectivity index (χ3n) is 2.83. The van der Waals surface area contributed by atoms with Crippen LogP contribution in [0.3, 0.4) is 0 Å². The first kappa shape index (κ1) is 16.1. The highest BCUT2D eigenvalue weighted by Crippen LogP contribution is 2.20. The molecule has 1 heterocycles. The Labute approximate surface area is 133 Å². The Balaban J connectivity index is 1.91. The number of hydrogen-bond donors (Lipinski definition) is 1. The van der Waals surface area contributed by atoms with Crippen molar-refractivity contribution in [2.24, 2.45) is 0 Å². The van der Waals surface area contributed by atoms with Gasteiger partial charge in [-0.05, 0) is 45.0 Å². The van der Waals surface area contributed by atoms with Crippen LogP contribution in [0.2, 0.25) is 0 Å². The average Bonchev–Trinajstić information content (AvgIpc) is 2.77. The fourth-order valence-electron chi connectivity index (χ4n) is 1.93. The van der Waals surface area contributed by atoms with Crippen molar-refractivity contribution in [3.05, 3.63) is 28.7 Å². The van der Waals surface area contributed by atoms with Crippen LogP contribution in [-0.2, 0) is 9.47 Å². The Morgan fingerprint density at radius 1 is 1.29 bits per heavy atom. The molecule has 0 aliphatic carbocycles. The first-order valence-corrected chi connectivity index (χ1v) is 7.62. The number of benzene rings is 1. The molecule has 116 valence electrons. The van der Waals surface area contributed by atoms with E-state index in [1.807, 2.05) is 45.0 Å². The average molecular weight is 358 g/mol. The number of nitrogens with one attached hydrogen (secondary N) is 1. The molecule has 0 saturated carbocycles. The topological polar surface area (TPSA) is 56.8 Å². The molecular formula is C15H20BrNO4. The molecule has 0 aromatic heterocycles. The van der Waals surface area contributed by atoms with E-state index < -0.39 is 11.7 Å². The minimum absolute atomic E-state index is 0.219. The summed E-state index contributed by atoms with van der Waals surface area (Å²) in [5.74, 6) is 0.740. The second-order valence-corrected chi connectivity index (χ2v) is 6.82. The number of ether oxygens (including phenoxy) is 3. The van der Waals surface area contributed by atoms with Gasteiger partial charge < -0.3 is 19.5 Å². The van der Waals surface area contributed by atoms with Gasteiger partial charge in [0.05, 0.1) is 19.3 Å². The summed E-state index contributed by atoms with van der Waals surface area (Å²) < 4.78 is 17.5. The molecule has 1 saturated heterocycles. The summed E-state index contributed by atoms with van der Waals surface area (Å²) >= 11 is 3.38. The zero-order valence-corrected chi connectivity index (χ0v) is 14.0. The lowest BCUT2D eigenvalue weighted by molar-refractivity contribution is 0.0472. The molecule has 0 radical (unpaired) electrons. The first-order valence-electron chi connectivity index (χ1n) is 6.83.